The van der Waals surface area contributed by atoms with Crippen LogP contribution >= 0.6 is 11.9 Å². The zero-order chi connectivity index (χ0) is 34.6. The molecule has 10 nitrogen and oxygen atoms in total. The number of rotatable bonds is 14. The number of carboxylic acids is 1. The van der Waals surface area contributed by atoms with E-state index in [1.807, 2.05) is 18.2 Å². The summed E-state index contributed by atoms with van der Waals surface area (Å²) in [7, 11) is 0. The molecular weight excluding hydrogens is 656 g/mol. The number of amides is 1. The maximum absolute atomic E-state index is 14.8. The van der Waals surface area contributed by atoms with Gasteiger partial charge in [0.2, 0.25) is 5.91 Å². The standard InChI is InChI=1S/C32H34F3N5O5S2/c1-21-23(16-32(33,34)35)14-15-36-25(21)19-47(45)29-37-24-12-8-9-13-26(24)40(29)31(4,17-27(41)42)28(43)39(20-30(2,3)46-38-44)18-22-10-6-5-7-11-22/h5-15H,16-20H2,1-4H3,(H,41,42). The van der Waals surface area contributed by atoms with Crippen LogP contribution in [0.4, 0.5) is 13.2 Å². The normalized spacial score (nSPS) is 14.0. The summed E-state index contributed by atoms with van der Waals surface area (Å²) in [6, 6.07) is 16.9. The Labute approximate surface area is 277 Å². The smallest absolute Gasteiger partial charge is 0.393 e. The van der Waals surface area contributed by atoms with Crippen LogP contribution in [-0.4, -0.2) is 58.4 Å². The molecule has 2 aromatic heterocycles. The summed E-state index contributed by atoms with van der Waals surface area (Å²) in [5, 5.41) is 10.0. The molecule has 0 fully saturated rings. The first-order valence-electron chi connectivity index (χ1n) is 14.5. The van der Waals surface area contributed by atoms with E-state index in [1.165, 1.54) is 35.6 Å². The minimum atomic E-state index is -4.46. The van der Waals surface area contributed by atoms with Crippen molar-refractivity contribution in [3.8, 4) is 0 Å². The molecule has 15 heteroatoms. The number of carbonyl (C=O) groups excluding carboxylic acids is 1. The van der Waals surface area contributed by atoms with Gasteiger partial charge < -0.3 is 14.6 Å². The Morgan fingerprint density at radius 1 is 1.06 bits per heavy atom. The van der Waals surface area contributed by atoms with Gasteiger partial charge in [-0.3, -0.25) is 19.1 Å². The minimum Gasteiger partial charge on any atom is -0.609 e. The largest absolute Gasteiger partial charge is 0.609 e. The van der Waals surface area contributed by atoms with Gasteiger partial charge in [0.25, 0.3) is 0 Å². The van der Waals surface area contributed by atoms with Crippen LogP contribution in [0.3, 0.4) is 0 Å². The highest BCUT2D eigenvalue weighted by molar-refractivity contribution is 7.99. The number of fused-ring (bicyclic) bond motifs is 1. The lowest BCUT2D eigenvalue weighted by Crippen LogP contribution is -2.53. The number of nitroso groups, excluding NO2 is 1. The van der Waals surface area contributed by atoms with Gasteiger partial charge in [-0.1, -0.05) is 42.5 Å². The van der Waals surface area contributed by atoms with Gasteiger partial charge in [0.05, 0.1) is 34.3 Å². The second-order valence-electron chi connectivity index (χ2n) is 12.0. The average Bonchev–Trinajstić information content (AvgIpc) is 3.38. The molecular formula is C32H34F3N5O5S2. The summed E-state index contributed by atoms with van der Waals surface area (Å²) in [5.41, 5.74) is -0.0995. The fourth-order valence-electron chi connectivity index (χ4n) is 5.48. The van der Waals surface area contributed by atoms with Crippen molar-refractivity contribution < 1.29 is 32.4 Å². The zero-order valence-corrected chi connectivity index (χ0v) is 27.8. The van der Waals surface area contributed by atoms with E-state index in [-0.39, 0.29) is 40.8 Å². The van der Waals surface area contributed by atoms with Crippen LogP contribution in [0.2, 0.25) is 0 Å². The summed E-state index contributed by atoms with van der Waals surface area (Å²) in [5.74, 6) is -2.28. The average molecular weight is 690 g/mol. The Hall–Kier alpha value is -3.95. The third-order valence-corrected chi connectivity index (χ3v) is 9.54. The molecule has 1 amide bonds. The third kappa shape index (κ3) is 8.70. The molecule has 0 bridgehead atoms. The number of imidazole rings is 1. The molecule has 47 heavy (non-hydrogen) atoms. The third-order valence-electron chi connectivity index (χ3n) is 7.62. The van der Waals surface area contributed by atoms with Crippen molar-refractivity contribution in [1.29, 1.82) is 0 Å². The van der Waals surface area contributed by atoms with Gasteiger partial charge in [0.1, 0.15) is 5.54 Å². The number of pyridine rings is 1. The van der Waals surface area contributed by atoms with Crippen molar-refractivity contribution in [3.05, 3.63) is 94.2 Å². The number of nitrogens with zero attached hydrogens (tertiary/aromatic N) is 5. The Kier molecular flexibility index (Phi) is 11.0. The topological polar surface area (TPSA) is 141 Å². The first kappa shape index (κ1) is 35.9. The molecule has 1 N–H and O–H groups in total. The molecule has 0 aliphatic rings. The summed E-state index contributed by atoms with van der Waals surface area (Å²) in [6.07, 6.45) is -5.15. The molecule has 0 aliphatic carbocycles. The lowest BCUT2D eigenvalue weighted by atomic mass is 9.93. The lowest BCUT2D eigenvalue weighted by Gasteiger charge is -2.38. The first-order chi connectivity index (χ1) is 22.0. The Morgan fingerprint density at radius 3 is 2.36 bits per heavy atom. The fraction of sp³-hybridized carbons (Fsp3) is 0.375. The van der Waals surface area contributed by atoms with E-state index in [9.17, 15) is 37.3 Å². The molecule has 2 aromatic carbocycles. The SMILES string of the molecule is Cc1c(CC(F)(F)F)ccnc1C[S+]([O-])c1nc2ccccc2n1C(C)(CC(=O)O)C(=O)N(Cc1ccccc1)CC(C)(C)SN=O. The Morgan fingerprint density at radius 2 is 1.72 bits per heavy atom. The number of carbonyl (C=O) groups is 2. The van der Waals surface area contributed by atoms with Crippen LogP contribution in [0.5, 0.6) is 0 Å². The summed E-state index contributed by atoms with van der Waals surface area (Å²) >= 11 is -1.34. The Bertz CT molecular complexity index is 1750. The van der Waals surface area contributed by atoms with Crippen molar-refractivity contribution >= 4 is 46.0 Å². The van der Waals surface area contributed by atoms with Gasteiger partial charge >= 0.3 is 17.3 Å². The summed E-state index contributed by atoms with van der Waals surface area (Å²) in [4.78, 5) is 48.6. The number of para-hydroxylation sites is 2. The highest BCUT2D eigenvalue weighted by Gasteiger charge is 2.46. The van der Waals surface area contributed by atoms with E-state index in [1.54, 1.807) is 50.2 Å². The molecule has 2 unspecified atom stereocenters. The number of alkyl halides is 3. The van der Waals surface area contributed by atoms with Crippen LogP contribution in [0, 0.1) is 11.8 Å². The molecule has 4 rings (SSSR count). The molecule has 0 radical (unpaired) electrons. The predicted octanol–water partition coefficient (Wildman–Crippen LogP) is 6.56. The van der Waals surface area contributed by atoms with Crippen molar-refractivity contribution in [2.24, 2.45) is 4.58 Å². The fourth-order valence-corrected chi connectivity index (χ4v) is 7.27. The van der Waals surface area contributed by atoms with Gasteiger partial charge in [-0.15, -0.1) is 4.91 Å². The number of aromatic nitrogens is 3. The summed E-state index contributed by atoms with van der Waals surface area (Å²) < 4.78 is 57.2. The van der Waals surface area contributed by atoms with Crippen molar-refractivity contribution in [2.45, 2.75) is 74.5 Å². The van der Waals surface area contributed by atoms with E-state index in [4.69, 9.17) is 0 Å². The van der Waals surface area contributed by atoms with Crippen LogP contribution in [-0.2, 0) is 45.0 Å². The molecule has 0 saturated heterocycles. The monoisotopic (exact) mass is 689 g/mol. The number of carboxylic acid groups (broad SMARTS) is 1. The van der Waals surface area contributed by atoms with Crippen molar-refractivity contribution in [2.75, 3.05) is 6.54 Å². The molecule has 0 spiro atoms. The number of hydrogen-bond acceptors (Lipinski definition) is 8. The number of aliphatic carboxylic acids is 1. The molecule has 250 valence electrons. The zero-order valence-electron chi connectivity index (χ0n) is 26.2. The molecule has 2 atom stereocenters. The Balaban J connectivity index is 1.86. The maximum Gasteiger partial charge on any atom is 0.393 e. The van der Waals surface area contributed by atoms with Crippen molar-refractivity contribution in [1.82, 2.24) is 19.4 Å². The van der Waals surface area contributed by atoms with Gasteiger partial charge in [-0.25, -0.2) is 0 Å². The van der Waals surface area contributed by atoms with Crippen LogP contribution < -0.4 is 0 Å². The van der Waals surface area contributed by atoms with E-state index in [2.05, 4.69) is 14.6 Å². The van der Waals surface area contributed by atoms with E-state index >= 15 is 0 Å². The molecule has 2 heterocycles. The van der Waals surface area contributed by atoms with Crippen LogP contribution in [0.25, 0.3) is 11.0 Å². The van der Waals surface area contributed by atoms with Crippen LogP contribution in [0.1, 0.15) is 49.6 Å². The van der Waals surface area contributed by atoms with Gasteiger partial charge in [0, 0.05) is 47.0 Å². The van der Waals surface area contributed by atoms with Gasteiger partial charge in [0.15, 0.2) is 5.75 Å². The van der Waals surface area contributed by atoms with Gasteiger partial charge in [-0.2, -0.15) is 18.2 Å². The summed E-state index contributed by atoms with van der Waals surface area (Å²) in [6.45, 7) is 6.44. The number of hydrogen-bond donors (Lipinski definition) is 1. The minimum absolute atomic E-state index is 0.00646. The second-order valence-corrected chi connectivity index (χ2v) is 14.7. The van der Waals surface area contributed by atoms with E-state index in [0.29, 0.717) is 11.0 Å². The molecule has 0 aliphatic heterocycles. The quantitative estimate of drug-likeness (QED) is 0.0892. The van der Waals surface area contributed by atoms with Crippen molar-refractivity contribution in [3.63, 3.8) is 0 Å². The lowest BCUT2D eigenvalue weighted by molar-refractivity contribution is -0.149. The highest BCUT2D eigenvalue weighted by Crippen LogP contribution is 2.36. The van der Waals surface area contributed by atoms with Gasteiger partial charge in [-0.05, 0) is 62.6 Å². The number of halogens is 3. The first-order valence-corrected chi connectivity index (χ1v) is 16.6. The second kappa shape index (κ2) is 14.4. The van der Waals surface area contributed by atoms with Crippen LogP contribution in [0.15, 0.2) is 76.6 Å². The van der Waals surface area contributed by atoms with E-state index < -0.39 is 52.4 Å². The number of benzene rings is 2. The molecule has 0 saturated carbocycles. The highest BCUT2D eigenvalue weighted by atomic mass is 32.2. The maximum atomic E-state index is 14.8. The molecule has 4 aromatic rings. The predicted molar refractivity (Wildman–Crippen MR) is 174 cm³/mol. The van der Waals surface area contributed by atoms with E-state index in [0.717, 1.165) is 17.5 Å².